The van der Waals surface area contributed by atoms with E-state index in [4.69, 9.17) is 0 Å². The number of hydrogen-bond donors (Lipinski definition) is 1. The van der Waals surface area contributed by atoms with Gasteiger partial charge in [-0.2, -0.15) is 0 Å². The first-order chi connectivity index (χ1) is 13.8. The van der Waals surface area contributed by atoms with Crippen LogP contribution in [0.5, 0.6) is 0 Å². The molecule has 1 aliphatic carbocycles. The van der Waals surface area contributed by atoms with Crippen molar-refractivity contribution in [2.75, 3.05) is 13.1 Å². The standard InChI is InChI=1S/C23H33N5O/c1-7-10-27(13-15(2)3)20-12-19(9-8-16(20)4)26-23(29)21-22-25-17(5)11-18(6)28(22)14-24-21/h8-9,11-12,14-16,20H,7,10,13H2,1-6H3,(H,26,29). The summed E-state index contributed by atoms with van der Waals surface area (Å²) in [5.41, 5.74) is 3.66. The number of fused-ring (bicyclic) bond motifs is 1. The monoisotopic (exact) mass is 395 g/mol. The number of carbonyl (C=O) groups excluding carboxylic acids is 1. The summed E-state index contributed by atoms with van der Waals surface area (Å²) in [5.74, 6) is 0.780. The summed E-state index contributed by atoms with van der Waals surface area (Å²) in [5, 5.41) is 3.05. The third-order valence-corrected chi connectivity index (χ3v) is 5.30. The Morgan fingerprint density at radius 3 is 2.79 bits per heavy atom. The van der Waals surface area contributed by atoms with Gasteiger partial charge in [-0.1, -0.05) is 33.8 Å². The molecule has 6 nitrogen and oxygen atoms in total. The van der Waals surface area contributed by atoms with E-state index in [2.05, 4.69) is 60.0 Å². The molecule has 156 valence electrons. The lowest BCUT2D eigenvalue weighted by atomic mass is 9.93. The predicted molar refractivity (Wildman–Crippen MR) is 117 cm³/mol. The van der Waals surface area contributed by atoms with Gasteiger partial charge in [-0.05, 0) is 56.9 Å². The van der Waals surface area contributed by atoms with E-state index in [9.17, 15) is 4.79 Å². The highest BCUT2D eigenvalue weighted by Gasteiger charge is 2.25. The topological polar surface area (TPSA) is 62.5 Å². The molecule has 0 saturated carbocycles. The van der Waals surface area contributed by atoms with Crippen molar-refractivity contribution in [3.05, 3.63) is 53.4 Å². The smallest absolute Gasteiger partial charge is 0.278 e. The highest BCUT2D eigenvalue weighted by atomic mass is 16.1. The van der Waals surface area contributed by atoms with Crippen LogP contribution in [0, 0.1) is 25.7 Å². The van der Waals surface area contributed by atoms with Gasteiger partial charge in [0.15, 0.2) is 11.3 Å². The quantitative estimate of drug-likeness (QED) is 0.772. The van der Waals surface area contributed by atoms with Crippen molar-refractivity contribution in [2.24, 2.45) is 11.8 Å². The van der Waals surface area contributed by atoms with Crippen LogP contribution >= 0.6 is 0 Å². The van der Waals surface area contributed by atoms with Gasteiger partial charge in [0.25, 0.3) is 5.91 Å². The van der Waals surface area contributed by atoms with Gasteiger partial charge in [-0.15, -0.1) is 0 Å². The van der Waals surface area contributed by atoms with Crippen molar-refractivity contribution in [3.8, 4) is 0 Å². The van der Waals surface area contributed by atoms with Gasteiger partial charge in [0, 0.05) is 29.7 Å². The Morgan fingerprint density at radius 1 is 1.34 bits per heavy atom. The van der Waals surface area contributed by atoms with Crippen LogP contribution in [0.25, 0.3) is 5.65 Å². The van der Waals surface area contributed by atoms with E-state index < -0.39 is 0 Å². The minimum atomic E-state index is -0.222. The molecule has 2 aromatic heterocycles. The van der Waals surface area contributed by atoms with E-state index in [0.29, 0.717) is 23.2 Å². The van der Waals surface area contributed by atoms with Crippen LogP contribution in [0.15, 0.2) is 36.3 Å². The SMILES string of the molecule is CCCN(CC(C)C)C1C=C(NC(=O)c2ncn3c(C)cc(C)nc23)C=CC1C. The number of rotatable bonds is 7. The van der Waals surface area contributed by atoms with Gasteiger partial charge in [-0.3, -0.25) is 14.1 Å². The molecular weight excluding hydrogens is 362 g/mol. The molecule has 1 N–H and O–H groups in total. The minimum Gasteiger partial charge on any atom is -0.321 e. The molecule has 0 bridgehead atoms. The Hall–Kier alpha value is -2.47. The zero-order valence-corrected chi connectivity index (χ0v) is 18.4. The summed E-state index contributed by atoms with van der Waals surface area (Å²) in [7, 11) is 0. The number of allylic oxidation sites excluding steroid dienone is 1. The first-order valence-electron chi connectivity index (χ1n) is 10.6. The minimum absolute atomic E-state index is 0.222. The number of aromatic nitrogens is 3. The van der Waals surface area contributed by atoms with Gasteiger partial charge < -0.3 is 5.32 Å². The molecule has 0 radical (unpaired) electrons. The Bertz CT molecular complexity index is 940. The van der Waals surface area contributed by atoms with Crippen molar-refractivity contribution in [1.29, 1.82) is 0 Å². The van der Waals surface area contributed by atoms with Crippen molar-refractivity contribution < 1.29 is 4.79 Å². The second kappa shape index (κ2) is 8.91. The van der Waals surface area contributed by atoms with Gasteiger partial charge >= 0.3 is 0 Å². The summed E-state index contributed by atoms with van der Waals surface area (Å²) in [6.07, 6.45) is 9.14. The Kier molecular flexibility index (Phi) is 6.52. The molecule has 6 heteroatoms. The van der Waals surface area contributed by atoms with Gasteiger partial charge in [0.05, 0.1) is 0 Å². The lowest BCUT2D eigenvalue weighted by Gasteiger charge is -2.36. The number of nitrogens with zero attached hydrogens (tertiary/aromatic N) is 4. The van der Waals surface area contributed by atoms with Crippen LogP contribution in [0.2, 0.25) is 0 Å². The van der Waals surface area contributed by atoms with Crippen LogP contribution in [0.4, 0.5) is 0 Å². The number of imidazole rings is 1. The fraction of sp³-hybridized carbons (Fsp3) is 0.522. The number of nitrogens with one attached hydrogen (secondary N) is 1. The summed E-state index contributed by atoms with van der Waals surface area (Å²) >= 11 is 0. The van der Waals surface area contributed by atoms with Crippen molar-refractivity contribution in [3.63, 3.8) is 0 Å². The van der Waals surface area contributed by atoms with E-state index in [-0.39, 0.29) is 11.9 Å². The molecule has 1 aliphatic rings. The molecule has 0 saturated heterocycles. The lowest BCUT2D eigenvalue weighted by Crippen LogP contribution is -2.42. The summed E-state index contributed by atoms with van der Waals surface area (Å²) in [6, 6.07) is 2.25. The van der Waals surface area contributed by atoms with Gasteiger partial charge in [-0.25, -0.2) is 9.97 Å². The molecule has 2 unspecified atom stereocenters. The number of hydrogen-bond acceptors (Lipinski definition) is 4. The Labute approximate surface area is 173 Å². The first kappa shape index (κ1) is 21.2. The molecule has 0 aromatic carbocycles. The van der Waals surface area contributed by atoms with Crippen molar-refractivity contribution in [1.82, 2.24) is 24.6 Å². The first-order valence-corrected chi connectivity index (χ1v) is 10.6. The van der Waals surface area contributed by atoms with Gasteiger partial charge in [0.2, 0.25) is 0 Å². The molecule has 29 heavy (non-hydrogen) atoms. The third kappa shape index (κ3) is 4.75. The van der Waals surface area contributed by atoms with Gasteiger partial charge in [0.1, 0.15) is 6.33 Å². The molecule has 2 aromatic rings. The maximum atomic E-state index is 13.0. The molecule has 2 heterocycles. The van der Waals surface area contributed by atoms with E-state index in [1.54, 1.807) is 6.33 Å². The number of amides is 1. The lowest BCUT2D eigenvalue weighted by molar-refractivity contribution is 0.0962. The summed E-state index contributed by atoms with van der Waals surface area (Å²) < 4.78 is 1.85. The maximum Gasteiger partial charge on any atom is 0.278 e. The fourth-order valence-electron chi connectivity index (χ4n) is 4.03. The van der Waals surface area contributed by atoms with Crippen molar-refractivity contribution in [2.45, 2.75) is 54.0 Å². The third-order valence-electron chi connectivity index (χ3n) is 5.30. The molecular formula is C23H33N5O. The molecule has 0 spiro atoms. The van der Waals surface area contributed by atoms with E-state index >= 15 is 0 Å². The van der Waals surface area contributed by atoms with E-state index in [1.165, 1.54) is 0 Å². The Balaban J connectivity index is 1.83. The normalized spacial score (nSPS) is 19.2. The highest BCUT2D eigenvalue weighted by molar-refractivity contribution is 5.99. The molecule has 2 atom stereocenters. The maximum absolute atomic E-state index is 13.0. The molecule has 3 rings (SSSR count). The van der Waals surface area contributed by atoms with E-state index in [1.807, 2.05) is 30.4 Å². The molecule has 0 fully saturated rings. The molecule has 0 aliphatic heterocycles. The Morgan fingerprint density at radius 2 is 2.10 bits per heavy atom. The van der Waals surface area contributed by atoms with Crippen LogP contribution < -0.4 is 5.32 Å². The predicted octanol–water partition coefficient (Wildman–Crippen LogP) is 3.90. The zero-order valence-electron chi connectivity index (χ0n) is 18.4. The molecule has 1 amide bonds. The highest BCUT2D eigenvalue weighted by Crippen LogP contribution is 2.22. The fourth-order valence-corrected chi connectivity index (χ4v) is 4.03. The van der Waals surface area contributed by atoms with Crippen LogP contribution in [0.1, 0.15) is 56.0 Å². The van der Waals surface area contributed by atoms with Crippen molar-refractivity contribution >= 4 is 11.6 Å². The summed E-state index contributed by atoms with van der Waals surface area (Å²) in [4.78, 5) is 24.3. The zero-order chi connectivity index (χ0) is 21.1. The summed E-state index contributed by atoms with van der Waals surface area (Å²) in [6.45, 7) is 15.0. The van der Waals surface area contributed by atoms with Crippen LogP contribution in [-0.2, 0) is 0 Å². The largest absolute Gasteiger partial charge is 0.321 e. The second-order valence-electron chi connectivity index (χ2n) is 8.50. The van der Waals surface area contributed by atoms with Crippen LogP contribution in [-0.4, -0.2) is 44.3 Å². The van der Waals surface area contributed by atoms with E-state index in [0.717, 1.165) is 36.6 Å². The van der Waals surface area contributed by atoms with Crippen LogP contribution in [0.3, 0.4) is 0 Å². The average molecular weight is 396 g/mol. The number of carbonyl (C=O) groups is 1. The average Bonchev–Trinajstić information content (AvgIpc) is 3.07. The number of aryl methyl sites for hydroxylation is 2. The second-order valence-corrected chi connectivity index (χ2v) is 8.50.